The molecule has 0 aliphatic carbocycles. The number of hydrogen-bond acceptors (Lipinski definition) is 3. The van der Waals surface area contributed by atoms with Gasteiger partial charge >= 0.3 is 0 Å². The van der Waals surface area contributed by atoms with Gasteiger partial charge in [-0.3, -0.25) is 4.98 Å². The lowest BCUT2D eigenvalue weighted by Gasteiger charge is -2.33. The normalized spacial score (nSPS) is 19.7. The number of aryl methyl sites for hydroxylation is 1. The van der Waals surface area contributed by atoms with Crippen molar-refractivity contribution in [1.82, 2.24) is 9.29 Å². The monoisotopic (exact) mass is 328 g/mol. The number of hydrogen-bond donors (Lipinski definition) is 0. The van der Waals surface area contributed by atoms with E-state index in [9.17, 15) is 8.42 Å². The van der Waals surface area contributed by atoms with Gasteiger partial charge in [0.1, 0.15) is 0 Å². The lowest BCUT2D eigenvalue weighted by molar-refractivity contribution is 0.361. The molecule has 1 saturated heterocycles. The Kier molecular flexibility index (Phi) is 4.33. The summed E-state index contributed by atoms with van der Waals surface area (Å²) in [7, 11) is -3.48. The molecular formula is C18H20N2O2S. The van der Waals surface area contributed by atoms with E-state index in [0.29, 0.717) is 24.4 Å². The zero-order chi connectivity index (χ0) is 16.4. The minimum atomic E-state index is -3.48. The second-order valence-corrected chi connectivity index (χ2v) is 7.83. The van der Waals surface area contributed by atoms with Gasteiger partial charge in [0, 0.05) is 30.9 Å². The van der Waals surface area contributed by atoms with Crippen molar-refractivity contribution >= 4 is 10.0 Å². The highest BCUT2D eigenvalue weighted by molar-refractivity contribution is 7.89. The first kappa shape index (κ1) is 15.9. The highest BCUT2D eigenvalue weighted by Crippen LogP contribution is 2.32. The van der Waals surface area contributed by atoms with Gasteiger partial charge in [0.2, 0.25) is 10.0 Å². The molecule has 2 heterocycles. The maximum absolute atomic E-state index is 12.9. The van der Waals surface area contributed by atoms with Crippen LogP contribution in [0.3, 0.4) is 0 Å². The van der Waals surface area contributed by atoms with Crippen LogP contribution in [0.25, 0.3) is 0 Å². The summed E-state index contributed by atoms with van der Waals surface area (Å²) in [6.45, 7) is 6.92. The van der Waals surface area contributed by atoms with Crippen LogP contribution in [0.4, 0.5) is 0 Å². The zero-order valence-electron chi connectivity index (χ0n) is 13.1. The van der Waals surface area contributed by atoms with Gasteiger partial charge in [0.25, 0.3) is 0 Å². The number of pyridine rings is 1. The number of nitrogens with zero attached hydrogens (tertiary/aromatic N) is 2. The Morgan fingerprint density at radius 1 is 1.17 bits per heavy atom. The van der Waals surface area contributed by atoms with E-state index >= 15 is 0 Å². The summed E-state index contributed by atoms with van der Waals surface area (Å²) >= 11 is 0. The second kappa shape index (κ2) is 6.26. The van der Waals surface area contributed by atoms with Crippen LogP contribution in [-0.2, 0) is 10.0 Å². The SMILES string of the molecule is C=C1CCN(S(=O)(=O)c2ccc(C)cc2)CC1c1ccccn1. The van der Waals surface area contributed by atoms with Gasteiger partial charge in [0.05, 0.1) is 4.90 Å². The third-order valence-corrected chi connectivity index (χ3v) is 6.14. The van der Waals surface area contributed by atoms with E-state index in [1.54, 1.807) is 22.6 Å². The summed E-state index contributed by atoms with van der Waals surface area (Å²) in [6, 6.07) is 12.7. The van der Waals surface area contributed by atoms with Crippen molar-refractivity contribution in [3.05, 3.63) is 72.1 Å². The van der Waals surface area contributed by atoms with E-state index in [2.05, 4.69) is 11.6 Å². The van der Waals surface area contributed by atoms with Crippen molar-refractivity contribution < 1.29 is 8.42 Å². The van der Waals surface area contributed by atoms with E-state index in [4.69, 9.17) is 0 Å². The Hall–Kier alpha value is -1.98. The quantitative estimate of drug-likeness (QED) is 0.814. The molecule has 4 nitrogen and oxygen atoms in total. The molecular weight excluding hydrogens is 308 g/mol. The Labute approximate surface area is 137 Å². The van der Waals surface area contributed by atoms with Gasteiger partial charge in [-0.2, -0.15) is 4.31 Å². The molecule has 1 aliphatic heterocycles. The molecule has 0 N–H and O–H groups in total. The predicted octanol–water partition coefficient (Wildman–Crippen LogP) is 3.12. The summed E-state index contributed by atoms with van der Waals surface area (Å²) in [5, 5.41) is 0. The summed E-state index contributed by atoms with van der Waals surface area (Å²) < 4.78 is 27.3. The number of aromatic nitrogens is 1. The number of rotatable bonds is 3. The third kappa shape index (κ3) is 3.21. The topological polar surface area (TPSA) is 50.3 Å². The molecule has 3 rings (SSSR count). The molecule has 0 spiro atoms. The van der Waals surface area contributed by atoms with Crippen LogP contribution in [0.2, 0.25) is 0 Å². The molecule has 5 heteroatoms. The first-order valence-corrected chi connectivity index (χ1v) is 9.08. The molecule has 0 amide bonds. The van der Waals surface area contributed by atoms with Crippen LogP contribution in [0, 0.1) is 6.92 Å². The van der Waals surface area contributed by atoms with Crippen LogP contribution in [0.5, 0.6) is 0 Å². The van der Waals surface area contributed by atoms with Crippen LogP contribution in [0.15, 0.2) is 65.7 Å². The van der Waals surface area contributed by atoms with Gasteiger partial charge in [0.15, 0.2) is 0 Å². The smallest absolute Gasteiger partial charge is 0.243 e. The fraction of sp³-hybridized carbons (Fsp3) is 0.278. The first-order valence-electron chi connectivity index (χ1n) is 7.64. The molecule has 120 valence electrons. The van der Waals surface area contributed by atoms with Crippen LogP contribution >= 0.6 is 0 Å². The minimum absolute atomic E-state index is 0.0508. The Morgan fingerprint density at radius 3 is 2.57 bits per heavy atom. The van der Waals surface area contributed by atoms with Crippen molar-refractivity contribution in [2.75, 3.05) is 13.1 Å². The molecule has 1 aliphatic rings. The van der Waals surface area contributed by atoms with Crippen LogP contribution < -0.4 is 0 Å². The highest BCUT2D eigenvalue weighted by Gasteiger charge is 2.33. The van der Waals surface area contributed by atoms with Crippen molar-refractivity contribution in [3.63, 3.8) is 0 Å². The fourth-order valence-electron chi connectivity index (χ4n) is 2.83. The average Bonchev–Trinajstić information content (AvgIpc) is 2.56. The largest absolute Gasteiger partial charge is 0.261 e. The average molecular weight is 328 g/mol. The number of benzene rings is 1. The number of piperidine rings is 1. The molecule has 1 unspecified atom stereocenters. The summed E-state index contributed by atoms with van der Waals surface area (Å²) in [6.07, 6.45) is 2.39. The van der Waals surface area contributed by atoms with Crippen molar-refractivity contribution in [2.24, 2.45) is 0 Å². The van der Waals surface area contributed by atoms with Gasteiger partial charge in [-0.05, 0) is 37.6 Å². The third-order valence-electron chi connectivity index (χ3n) is 4.26. The lowest BCUT2D eigenvalue weighted by Crippen LogP contribution is -2.40. The molecule has 2 aromatic rings. The Morgan fingerprint density at radius 2 is 1.91 bits per heavy atom. The van der Waals surface area contributed by atoms with E-state index in [-0.39, 0.29) is 5.92 Å². The highest BCUT2D eigenvalue weighted by atomic mass is 32.2. The molecule has 1 fully saturated rings. The number of sulfonamides is 1. The summed E-state index contributed by atoms with van der Waals surface area (Å²) in [4.78, 5) is 4.71. The van der Waals surface area contributed by atoms with E-state index < -0.39 is 10.0 Å². The van der Waals surface area contributed by atoms with Gasteiger partial charge < -0.3 is 0 Å². The Balaban J connectivity index is 1.89. The maximum Gasteiger partial charge on any atom is 0.243 e. The van der Waals surface area contributed by atoms with E-state index in [1.165, 1.54) is 0 Å². The zero-order valence-corrected chi connectivity index (χ0v) is 14.0. The van der Waals surface area contributed by atoms with Crippen LogP contribution in [-0.4, -0.2) is 30.8 Å². The molecule has 1 aromatic carbocycles. The lowest BCUT2D eigenvalue weighted by atomic mass is 9.91. The van der Waals surface area contributed by atoms with Crippen molar-refractivity contribution in [1.29, 1.82) is 0 Å². The molecule has 23 heavy (non-hydrogen) atoms. The predicted molar refractivity (Wildman–Crippen MR) is 90.7 cm³/mol. The maximum atomic E-state index is 12.9. The summed E-state index contributed by atoms with van der Waals surface area (Å²) in [5.74, 6) is -0.0508. The molecule has 0 radical (unpaired) electrons. The molecule has 1 atom stereocenters. The molecule has 1 aromatic heterocycles. The molecule has 0 bridgehead atoms. The van der Waals surface area contributed by atoms with Crippen molar-refractivity contribution in [2.45, 2.75) is 24.2 Å². The molecule has 0 saturated carbocycles. The van der Waals surface area contributed by atoms with Gasteiger partial charge in [-0.1, -0.05) is 35.9 Å². The fourth-order valence-corrected chi connectivity index (χ4v) is 4.28. The van der Waals surface area contributed by atoms with Crippen LogP contribution in [0.1, 0.15) is 23.6 Å². The van der Waals surface area contributed by atoms with Gasteiger partial charge in [-0.25, -0.2) is 8.42 Å². The Bertz CT molecular complexity index is 799. The van der Waals surface area contributed by atoms with E-state index in [0.717, 1.165) is 16.8 Å². The van der Waals surface area contributed by atoms with E-state index in [1.807, 2.05) is 37.3 Å². The van der Waals surface area contributed by atoms with Crippen molar-refractivity contribution in [3.8, 4) is 0 Å². The minimum Gasteiger partial charge on any atom is -0.261 e. The summed E-state index contributed by atoms with van der Waals surface area (Å²) in [5.41, 5.74) is 2.96. The second-order valence-electron chi connectivity index (χ2n) is 5.89. The van der Waals surface area contributed by atoms with Gasteiger partial charge in [-0.15, -0.1) is 0 Å². The first-order chi connectivity index (χ1) is 11.0. The standard InChI is InChI=1S/C18H20N2O2S/c1-14-6-8-16(9-7-14)23(21,22)20-12-10-15(2)17(13-20)18-5-3-4-11-19-18/h3-9,11,17H,2,10,12-13H2,1H3.